The number of rotatable bonds is 5. The number of carbonyl (C=O) groups excluding carboxylic acids is 1. The molecule has 0 aliphatic carbocycles. The zero-order valence-electron chi connectivity index (χ0n) is 14.2. The van der Waals surface area contributed by atoms with Crippen LogP contribution in [0.2, 0.25) is 5.02 Å². The Balaban J connectivity index is 1.89. The summed E-state index contributed by atoms with van der Waals surface area (Å²) in [6.07, 6.45) is 0. The number of amides is 1. The molecule has 0 unspecified atom stereocenters. The van der Waals surface area contributed by atoms with E-state index in [1.54, 1.807) is 49.4 Å². The van der Waals surface area contributed by atoms with E-state index >= 15 is 0 Å². The standard InChI is InChI=1S/C19H18ClN3O3/c1-2-22-18(25)15-8-3-4-9-16(15)23(19(22)26)12-17(24)21-11-13-6-5-7-14(20)10-13/h3-10H,2,11-12H2,1H3,(H,21,24). The van der Waals surface area contributed by atoms with Crippen molar-refractivity contribution in [3.63, 3.8) is 0 Å². The molecule has 0 saturated carbocycles. The normalized spacial score (nSPS) is 10.8. The SMILES string of the molecule is CCn1c(=O)c2ccccc2n(CC(=O)NCc2cccc(Cl)c2)c1=O. The van der Waals surface area contributed by atoms with E-state index in [-0.39, 0.29) is 24.6 Å². The third-order valence-corrected chi connectivity index (χ3v) is 4.36. The first-order chi connectivity index (χ1) is 12.5. The molecule has 1 heterocycles. The minimum Gasteiger partial charge on any atom is -0.350 e. The molecule has 6 nitrogen and oxygen atoms in total. The van der Waals surface area contributed by atoms with Gasteiger partial charge in [0.05, 0.1) is 10.9 Å². The third-order valence-electron chi connectivity index (χ3n) is 4.13. The van der Waals surface area contributed by atoms with E-state index in [1.807, 2.05) is 6.07 Å². The molecule has 0 spiro atoms. The Labute approximate surface area is 154 Å². The quantitative estimate of drug-likeness (QED) is 0.747. The molecule has 134 valence electrons. The molecule has 1 aromatic heterocycles. The maximum atomic E-state index is 12.6. The second-order valence-electron chi connectivity index (χ2n) is 5.84. The van der Waals surface area contributed by atoms with Crippen LogP contribution in [0, 0.1) is 0 Å². The Hall–Kier alpha value is -2.86. The summed E-state index contributed by atoms with van der Waals surface area (Å²) in [5.41, 5.74) is 0.476. The van der Waals surface area contributed by atoms with Gasteiger partial charge in [0.2, 0.25) is 5.91 Å². The fourth-order valence-electron chi connectivity index (χ4n) is 2.85. The minimum atomic E-state index is -0.492. The Morgan fingerprint density at radius 3 is 2.58 bits per heavy atom. The molecule has 1 N–H and O–H groups in total. The summed E-state index contributed by atoms with van der Waals surface area (Å²) in [6, 6.07) is 14.0. The van der Waals surface area contributed by atoms with Crippen LogP contribution < -0.4 is 16.6 Å². The van der Waals surface area contributed by atoms with Crippen LogP contribution in [0.25, 0.3) is 10.9 Å². The van der Waals surface area contributed by atoms with Crippen LogP contribution in [0.4, 0.5) is 0 Å². The minimum absolute atomic E-state index is 0.166. The van der Waals surface area contributed by atoms with E-state index in [2.05, 4.69) is 5.32 Å². The molecule has 26 heavy (non-hydrogen) atoms. The van der Waals surface area contributed by atoms with Gasteiger partial charge in [-0.3, -0.25) is 18.7 Å². The van der Waals surface area contributed by atoms with Crippen molar-refractivity contribution in [2.75, 3.05) is 0 Å². The number of benzene rings is 2. The first kappa shape index (κ1) is 17.9. The smallest absolute Gasteiger partial charge is 0.331 e. The second kappa shape index (κ2) is 7.58. The van der Waals surface area contributed by atoms with Crippen LogP contribution in [0.15, 0.2) is 58.1 Å². The van der Waals surface area contributed by atoms with Crippen molar-refractivity contribution in [3.05, 3.63) is 80.0 Å². The Morgan fingerprint density at radius 2 is 1.85 bits per heavy atom. The highest BCUT2D eigenvalue weighted by Gasteiger charge is 2.14. The highest BCUT2D eigenvalue weighted by atomic mass is 35.5. The summed E-state index contributed by atoms with van der Waals surface area (Å²) < 4.78 is 2.46. The molecule has 3 rings (SSSR count). The van der Waals surface area contributed by atoms with Crippen molar-refractivity contribution in [2.45, 2.75) is 26.6 Å². The number of nitrogens with one attached hydrogen (secondary N) is 1. The van der Waals surface area contributed by atoms with Crippen molar-refractivity contribution < 1.29 is 4.79 Å². The molecule has 1 amide bonds. The van der Waals surface area contributed by atoms with E-state index in [0.29, 0.717) is 22.5 Å². The number of hydrogen-bond acceptors (Lipinski definition) is 3. The van der Waals surface area contributed by atoms with Gasteiger partial charge in [-0.15, -0.1) is 0 Å². The molecule has 0 aliphatic rings. The van der Waals surface area contributed by atoms with Crippen molar-refractivity contribution in [3.8, 4) is 0 Å². The van der Waals surface area contributed by atoms with Gasteiger partial charge in [0.1, 0.15) is 6.54 Å². The van der Waals surface area contributed by atoms with Gasteiger partial charge >= 0.3 is 5.69 Å². The Bertz CT molecular complexity index is 1090. The Kier molecular flexibility index (Phi) is 5.23. The monoisotopic (exact) mass is 371 g/mol. The summed E-state index contributed by atoms with van der Waals surface area (Å²) in [5, 5.41) is 3.78. The lowest BCUT2D eigenvalue weighted by molar-refractivity contribution is -0.121. The lowest BCUT2D eigenvalue weighted by Crippen LogP contribution is -2.42. The first-order valence-electron chi connectivity index (χ1n) is 8.24. The van der Waals surface area contributed by atoms with Crippen LogP contribution in [0.3, 0.4) is 0 Å². The average Bonchev–Trinajstić information content (AvgIpc) is 2.64. The predicted octanol–water partition coefficient (Wildman–Crippen LogP) is 2.15. The van der Waals surface area contributed by atoms with E-state index < -0.39 is 5.69 Å². The molecule has 0 saturated heterocycles. The van der Waals surface area contributed by atoms with Crippen molar-refractivity contribution in [1.29, 1.82) is 0 Å². The number of halogens is 1. The number of carbonyl (C=O) groups is 1. The highest BCUT2D eigenvalue weighted by molar-refractivity contribution is 6.30. The Morgan fingerprint density at radius 1 is 1.08 bits per heavy atom. The zero-order valence-corrected chi connectivity index (χ0v) is 15.0. The van der Waals surface area contributed by atoms with Crippen LogP contribution in [-0.4, -0.2) is 15.0 Å². The van der Waals surface area contributed by atoms with Crippen molar-refractivity contribution in [1.82, 2.24) is 14.5 Å². The van der Waals surface area contributed by atoms with E-state index in [1.165, 1.54) is 4.57 Å². The van der Waals surface area contributed by atoms with Gasteiger partial charge in [-0.05, 0) is 36.8 Å². The summed E-state index contributed by atoms with van der Waals surface area (Å²) in [4.78, 5) is 37.4. The number of hydrogen-bond donors (Lipinski definition) is 1. The molecule has 0 aliphatic heterocycles. The summed E-state index contributed by atoms with van der Waals surface area (Å²) in [5.74, 6) is -0.321. The van der Waals surface area contributed by atoms with Gasteiger partial charge in [0.25, 0.3) is 5.56 Å². The van der Waals surface area contributed by atoms with Gasteiger partial charge < -0.3 is 5.32 Å². The van der Waals surface area contributed by atoms with E-state index in [4.69, 9.17) is 11.6 Å². The topological polar surface area (TPSA) is 73.1 Å². The van der Waals surface area contributed by atoms with Crippen LogP contribution >= 0.6 is 11.6 Å². The summed E-state index contributed by atoms with van der Waals surface area (Å²) >= 11 is 5.93. The fourth-order valence-corrected chi connectivity index (χ4v) is 3.06. The number of fused-ring (bicyclic) bond motifs is 1. The number of para-hydroxylation sites is 1. The zero-order chi connectivity index (χ0) is 18.7. The summed E-state index contributed by atoms with van der Waals surface area (Å²) in [6.45, 7) is 2.10. The molecule has 0 radical (unpaired) electrons. The summed E-state index contributed by atoms with van der Waals surface area (Å²) in [7, 11) is 0. The third kappa shape index (κ3) is 3.55. The molecular weight excluding hydrogens is 354 g/mol. The number of nitrogens with zero attached hydrogens (tertiary/aromatic N) is 2. The predicted molar refractivity (Wildman–Crippen MR) is 101 cm³/mol. The second-order valence-corrected chi connectivity index (χ2v) is 6.28. The van der Waals surface area contributed by atoms with Crippen molar-refractivity contribution in [2.24, 2.45) is 0 Å². The van der Waals surface area contributed by atoms with Gasteiger partial charge in [-0.25, -0.2) is 4.79 Å². The molecular formula is C19H18ClN3O3. The molecule has 7 heteroatoms. The van der Waals surface area contributed by atoms with Crippen LogP contribution in [0.5, 0.6) is 0 Å². The lowest BCUT2D eigenvalue weighted by Gasteiger charge is -2.13. The van der Waals surface area contributed by atoms with E-state index in [9.17, 15) is 14.4 Å². The fraction of sp³-hybridized carbons (Fsp3) is 0.211. The van der Waals surface area contributed by atoms with Crippen LogP contribution in [0.1, 0.15) is 12.5 Å². The highest BCUT2D eigenvalue weighted by Crippen LogP contribution is 2.10. The van der Waals surface area contributed by atoms with Crippen LogP contribution in [-0.2, 0) is 24.4 Å². The van der Waals surface area contributed by atoms with Gasteiger partial charge in [-0.2, -0.15) is 0 Å². The lowest BCUT2D eigenvalue weighted by atomic mass is 10.2. The average molecular weight is 372 g/mol. The molecule has 2 aromatic carbocycles. The van der Waals surface area contributed by atoms with Gasteiger partial charge in [0, 0.05) is 18.1 Å². The molecule has 3 aromatic rings. The molecule has 0 bridgehead atoms. The van der Waals surface area contributed by atoms with Crippen molar-refractivity contribution >= 4 is 28.4 Å². The molecule has 0 atom stereocenters. The maximum Gasteiger partial charge on any atom is 0.331 e. The van der Waals surface area contributed by atoms with Gasteiger partial charge in [0.15, 0.2) is 0 Å². The van der Waals surface area contributed by atoms with E-state index in [0.717, 1.165) is 10.1 Å². The van der Waals surface area contributed by atoms with Gasteiger partial charge in [-0.1, -0.05) is 35.9 Å². The largest absolute Gasteiger partial charge is 0.350 e. The maximum absolute atomic E-state index is 12.6. The number of aromatic nitrogens is 2. The first-order valence-corrected chi connectivity index (χ1v) is 8.62. The molecule has 0 fully saturated rings.